The van der Waals surface area contributed by atoms with Crippen LogP contribution in [0.4, 0.5) is 0 Å². The molecule has 1 atom stereocenters. The molecule has 1 aromatic carbocycles. The Kier molecular flexibility index (Phi) is 6.29. The lowest BCUT2D eigenvalue weighted by Gasteiger charge is -2.09. The number of benzene rings is 1. The first-order chi connectivity index (χ1) is 13.0. The van der Waals surface area contributed by atoms with Crippen molar-refractivity contribution >= 4 is 17.7 Å². The standard InChI is InChI=1S/C21H23N3O2S/c1-4-15(3)22-21(25)19-11-9-17(26-19)13-27-20-12-10-18(23-24-20)16-7-5-14(2)6-8-16/h5-12,15H,4,13H2,1-3H3,(H,22,25)/t15-/m1/s1. The maximum atomic E-state index is 12.1. The van der Waals surface area contributed by atoms with Gasteiger partial charge in [-0.3, -0.25) is 4.79 Å². The molecule has 2 heterocycles. The number of hydrogen-bond acceptors (Lipinski definition) is 5. The van der Waals surface area contributed by atoms with Crippen LogP contribution in [0, 0.1) is 6.92 Å². The van der Waals surface area contributed by atoms with Crippen molar-refractivity contribution < 1.29 is 9.21 Å². The van der Waals surface area contributed by atoms with E-state index >= 15 is 0 Å². The minimum absolute atomic E-state index is 0.128. The van der Waals surface area contributed by atoms with Gasteiger partial charge in [-0.15, -0.1) is 10.2 Å². The molecule has 1 N–H and O–H groups in total. The molecule has 0 unspecified atom stereocenters. The fraction of sp³-hybridized carbons (Fsp3) is 0.286. The van der Waals surface area contributed by atoms with Gasteiger partial charge in [0.25, 0.3) is 5.91 Å². The van der Waals surface area contributed by atoms with Gasteiger partial charge in [-0.2, -0.15) is 0 Å². The van der Waals surface area contributed by atoms with Crippen LogP contribution in [0.5, 0.6) is 0 Å². The molecule has 6 heteroatoms. The van der Waals surface area contributed by atoms with E-state index in [4.69, 9.17) is 4.42 Å². The Morgan fingerprint density at radius 3 is 2.56 bits per heavy atom. The van der Waals surface area contributed by atoms with Gasteiger partial charge in [-0.05, 0) is 44.5 Å². The van der Waals surface area contributed by atoms with Gasteiger partial charge in [0.1, 0.15) is 10.8 Å². The van der Waals surface area contributed by atoms with Gasteiger partial charge in [0.05, 0.1) is 11.4 Å². The molecule has 0 bridgehead atoms. The third-order valence-corrected chi connectivity index (χ3v) is 5.17. The SMILES string of the molecule is CC[C@@H](C)NC(=O)c1ccc(CSc2ccc(-c3ccc(C)cc3)nn2)o1. The summed E-state index contributed by atoms with van der Waals surface area (Å²) in [6, 6.07) is 15.8. The van der Waals surface area contributed by atoms with Crippen molar-refractivity contribution in [3.8, 4) is 11.3 Å². The number of nitrogens with zero attached hydrogens (tertiary/aromatic N) is 2. The second kappa shape index (κ2) is 8.86. The lowest BCUT2D eigenvalue weighted by atomic mass is 10.1. The Morgan fingerprint density at radius 2 is 1.89 bits per heavy atom. The fourth-order valence-electron chi connectivity index (χ4n) is 2.39. The molecule has 140 valence electrons. The molecule has 3 rings (SSSR count). The number of nitrogens with one attached hydrogen (secondary N) is 1. The second-order valence-corrected chi connectivity index (χ2v) is 7.46. The van der Waals surface area contributed by atoms with E-state index in [2.05, 4.69) is 34.6 Å². The minimum atomic E-state index is -0.178. The average Bonchev–Trinajstić information content (AvgIpc) is 3.16. The zero-order valence-electron chi connectivity index (χ0n) is 15.7. The third kappa shape index (κ3) is 5.20. The molecule has 1 amide bonds. The van der Waals surface area contributed by atoms with E-state index in [1.165, 1.54) is 17.3 Å². The Hall–Kier alpha value is -2.60. The quantitative estimate of drug-likeness (QED) is 0.592. The van der Waals surface area contributed by atoms with Gasteiger partial charge in [0.2, 0.25) is 0 Å². The largest absolute Gasteiger partial charge is 0.455 e. The molecule has 2 aromatic heterocycles. The summed E-state index contributed by atoms with van der Waals surface area (Å²) in [5, 5.41) is 12.3. The van der Waals surface area contributed by atoms with Crippen LogP contribution < -0.4 is 5.32 Å². The highest BCUT2D eigenvalue weighted by atomic mass is 32.2. The van der Waals surface area contributed by atoms with Gasteiger partial charge < -0.3 is 9.73 Å². The fourth-order valence-corrected chi connectivity index (χ4v) is 3.10. The number of hydrogen-bond donors (Lipinski definition) is 1. The molecule has 0 fully saturated rings. The lowest BCUT2D eigenvalue weighted by Crippen LogP contribution is -2.31. The Labute approximate surface area is 163 Å². The monoisotopic (exact) mass is 381 g/mol. The first kappa shape index (κ1) is 19.2. The number of amides is 1. The average molecular weight is 382 g/mol. The molecule has 0 saturated carbocycles. The highest BCUT2D eigenvalue weighted by Gasteiger charge is 2.13. The van der Waals surface area contributed by atoms with E-state index in [9.17, 15) is 4.79 Å². The Bertz CT molecular complexity index is 889. The molecular formula is C21H23N3O2S. The molecule has 0 spiro atoms. The summed E-state index contributed by atoms with van der Waals surface area (Å²) in [5.74, 6) is 1.49. The van der Waals surface area contributed by atoms with E-state index in [1.807, 2.05) is 44.2 Å². The van der Waals surface area contributed by atoms with Gasteiger partial charge in [-0.25, -0.2) is 0 Å². The van der Waals surface area contributed by atoms with E-state index in [0.29, 0.717) is 11.5 Å². The molecule has 0 radical (unpaired) electrons. The predicted molar refractivity (Wildman–Crippen MR) is 108 cm³/mol. The zero-order valence-corrected chi connectivity index (χ0v) is 16.5. The topological polar surface area (TPSA) is 68.0 Å². The first-order valence-corrected chi connectivity index (χ1v) is 9.97. The van der Waals surface area contributed by atoms with Crippen LogP contribution in [-0.4, -0.2) is 22.1 Å². The van der Waals surface area contributed by atoms with Crippen LogP contribution in [-0.2, 0) is 5.75 Å². The first-order valence-electron chi connectivity index (χ1n) is 8.98. The van der Waals surface area contributed by atoms with Crippen LogP contribution in [0.25, 0.3) is 11.3 Å². The van der Waals surface area contributed by atoms with Crippen LogP contribution in [0.1, 0.15) is 42.1 Å². The normalized spacial score (nSPS) is 12.0. The van der Waals surface area contributed by atoms with Crippen molar-refractivity contribution in [3.63, 3.8) is 0 Å². The third-order valence-electron chi connectivity index (χ3n) is 4.23. The van der Waals surface area contributed by atoms with Crippen molar-refractivity contribution in [2.75, 3.05) is 0 Å². The molecule has 0 aliphatic carbocycles. The van der Waals surface area contributed by atoms with Gasteiger partial charge in [0, 0.05) is 11.6 Å². The number of carbonyl (C=O) groups excluding carboxylic acids is 1. The van der Waals surface area contributed by atoms with Crippen molar-refractivity contribution in [2.45, 2.75) is 44.0 Å². The maximum absolute atomic E-state index is 12.1. The van der Waals surface area contributed by atoms with Crippen molar-refractivity contribution in [1.82, 2.24) is 15.5 Å². The Morgan fingerprint density at radius 1 is 1.11 bits per heavy atom. The van der Waals surface area contributed by atoms with Crippen molar-refractivity contribution in [2.24, 2.45) is 0 Å². The number of aromatic nitrogens is 2. The number of rotatable bonds is 7. The van der Waals surface area contributed by atoms with Crippen LogP contribution in [0.2, 0.25) is 0 Å². The highest BCUT2D eigenvalue weighted by Crippen LogP contribution is 2.24. The van der Waals surface area contributed by atoms with Crippen LogP contribution in [0.15, 0.2) is 58.0 Å². The maximum Gasteiger partial charge on any atom is 0.287 e. The van der Waals surface area contributed by atoms with Crippen molar-refractivity contribution in [3.05, 3.63) is 65.6 Å². The zero-order chi connectivity index (χ0) is 19.2. The van der Waals surface area contributed by atoms with Gasteiger partial charge >= 0.3 is 0 Å². The number of thioether (sulfide) groups is 1. The molecule has 0 aliphatic heterocycles. The van der Waals surface area contributed by atoms with Gasteiger partial charge in [0.15, 0.2) is 5.76 Å². The Balaban J connectivity index is 1.57. The van der Waals surface area contributed by atoms with E-state index < -0.39 is 0 Å². The smallest absolute Gasteiger partial charge is 0.287 e. The summed E-state index contributed by atoms with van der Waals surface area (Å²) < 4.78 is 5.64. The van der Waals surface area contributed by atoms with E-state index in [0.717, 1.165) is 28.5 Å². The summed E-state index contributed by atoms with van der Waals surface area (Å²) in [7, 11) is 0. The highest BCUT2D eigenvalue weighted by molar-refractivity contribution is 7.98. The lowest BCUT2D eigenvalue weighted by molar-refractivity contribution is 0.0910. The second-order valence-electron chi connectivity index (χ2n) is 6.46. The predicted octanol–water partition coefficient (Wildman–Crippen LogP) is 4.87. The molecule has 3 aromatic rings. The molecule has 27 heavy (non-hydrogen) atoms. The summed E-state index contributed by atoms with van der Waals surface area (Å²) in [6.07, 6.45) is 0.881. The molecule has 0 aliphatic rings. The molecule has 5 nitrogen and oxygen atoms in total. The molecule has 0 saturated heterocycles. The summed E-state index contributed by atoms with van der Waals surface area (Å²) in [6.45, 7) is 6.06. The van der Waals surface area contributed by atoms with Crippen molar-refractivity contribution in [1.29, 1.82) is 0 Å². The molecular weight excluding hydrogens is 358 g/mol. The van der Waals surface area contributed by atoms with E-state index in [1.54, 1.807) is 6.07 Å². The summed E-state index contributed by atoms with van der Waals surface area (Å²) in [4.78, 5) is 12.1. The van der Waals surface area contributed by atoms with Crippen LogP contribution in [0.3, 0.4) is 0 Å². The van der Waals surface area contributed by atoms with Gasteiger partial charge in [-0.1, -0.05) is 48.5 Å². The van der Waals surface area contributed by atoms with E-state index in [-0.39, 0.29) is 11.9 Å². The number of furan rings is 1. The number of aryl methyl sites for hydroxylation is 1. The van der Waals surface area contributed by atoms with Crippen LogP contribution >= 0.6 is 11.8 Å². The summed E-state index contributed by atoms with van der Waals surface area (Å²) in [5.41, 5.74) is 3.11. The summed E-state index contributed by atoms with van der Waals surface area (Å²) >= 11 is 1.52. The number of carbonyl (C=O) groups is 1. The minimum Gasteiger partial charge on any atom is -0.455 e.